The van der Waals surface area contributed by atoms with Crippen LogP contribution >= 0.6 is 0 Å². The summed E-state index contributed by atoms with van der Waals surface area (Å²) in [5, 5.41) is 0. The van der Waals surface area contributed by atoms with E-state index < -0.39 is 10.8 Å². The van der Waals surface area contributed by atoms with E-state index in [2.05, 4.69) is 13.2 Å². The van der Waals surface area contributed by atoms with Crippen molar-refractivity contribution in [2.24, 2.45) is 10.8 Å². The summed E-state index contributed by atoms with van der Waals surface area (Å²) in [7, 11) is 0. The second kappa shape index (κ2) is 51.4. The third-order valence-electron chi connectivity index (χ3n) is 1.78. The number of rotatable bonds is 6. The number of hydrogen-bond acceptors (Lipinski definition) is 4. The van der Waals surface area contributed by atoms with Crippen molar-refractivity contribution in [1.82, 2.24) is 0 Å². The van der Waals surface area contributed by atoms with E-state index in [0.29, 0.717) is 17.6 Å². The van der Waals surface area contributed by atoms with Gasteiger partial charge in [-0.1, -0.05) is 48.0 Å². The smallest absolute Gasteiger partial charge is 0 e. The molecule has 0 spiro atoms. The average molecular weight is 886 g/mol. The first-order chi connectivity index (χ1) is 9.37. The molecule has 0 aliphatic carbocycles. The van der Waals surface area contributed by atoms with Crippen molar-refractivity contribution in [2.75, 3.05) is 0 Å². The second-order valence-corrected chi connectivity index (χ2v) is 5.91. The Morgan fingerprint density at radius 3 is 0.774 bits per heavy atom. The summed E-state index contributed by atoms with van der Waals surface area (Å²) in [6.07, 6.45) is 7.47. The normalized spacial score (nSPS) is 6.65. The second-order valence-electron chi connectivity index (χ2n) is 5.91. The molecule has 0 N–H and O–H groups in total. The van der Waals surface area contributed by atoms with Gasteiger partial charge < -0.3 is 48.9 Å². The van der Waals surface area contributed by atoms with E-state index in [0.717, 1.165) is 0 Å². The average Bonchev–Trinajstić information content (AvgIpc) is 2.39. The largest absolute Gasteiger partial charge is 0.541 e. The molecule has 0 aliphatic rings. The van der Waals surface area contributed by atoms with Gasteiger partial charge >= 0.3 is 0 Å². The van der Waals surface area contributed by atoms with Crippen molar-refractivity contribution in [2.45, 2.75) is 48.0 Å². The van der Waals surface area contributed by atoms with Gasteiger partial charge in [-0.15, -0.1) is 10.8 Å². The first-order valence-corrected chi connectivity index (χ1v) is 6.23. The molecule has 0 aromatic heterocycles. The van der Waals surface area contributed by atoms with Gasteiger partial charge in [0.2, 0.25) is 0 Å². The van der Waals surface area contributed by atoms with Crippen LogP contribution in [0.2, 0.25) is 0 Å². The standard InChI is InChI=1S/C9H14O2.2C4H5O.4CH3.6Y/c1-8(2,6-10)5-9(3,4)7-11;2*1-4(2)3-5;;;;;;;;;;/h5H2,1-4H3;2*1H2,2H3;4*1H3;;;;;;/q-2;6*-1;;;;;;. The van der Waals surface area contributed by atoms with Crippen LogP contribution in [0.1, 0.15) is 48.0 Å². The van der Waals surface area contributed by atoms with Crippen molar-refractivity contribution in [1.29, 1.82) is 0 Å². The van der Waals surface area contributed by atoms with Crippen LogP contribution in [-0.2, 0) is 215 Å². The molecule has 0 atom stereocenters. The maximum atomic E-state index is 10.4. The van der Waals surface area contributed by atoms with Gasteiger partial charge in [-0.2, -0.15) is 11.1 Å². The van der Waals surface area contributed by atoms with Crippen molar-refractivity contribution < 1.29 is 215 Å². The molecule has 0 unspecified atom stereocenters. The number of allylic oxidation sites excluding steroid dienone is 2. The zero-order valence-electron chi connectivity index (χ0n) is 21.2. The molecular formula is C21H36O4Y6-8. The Balaban J connectivity index is -0.0000000132. The molecule has 0 saturated carbocycles. The van der Waals surface area contributed by atoms with Gasteiger partial charge in [0.1, 0.15) is 0 Å². The molecule has 0 heterocycles. The van der Waals surface area contributed by atoms with E-state index in [1.165, 1.54) is 0 Å². The van der Waals surface area contributed by atoms with Crippen LogP contribution in [0.25, 0.3) is 0 Å². The van der Waals surface area contributed by atoms with Gasteiger partial charge in [-0.3, -0.25) is 12.6 Å². The predicted molar refractivity (Wildman–Crippen MR) is 110 cm³/mol. The Kier molecular flexibility index (Phi) is 138. The van der Waals surface area contributed by atoms with Crippen LogP contribution in [-0.4, -0.2) is 25.1 Å². The molecule has 0 rings (SSSR count). The SMILES string of the molecule is C=C(C)[C-]=O.C=C(C)[C-]=O.CC(C)([C-]=O)CC(C)(C)[C-]=O.[CH3-].[CH3-].[CH3-].[CH3-].[Y].[Y].[Y].[Y].[Y].[Y]. The third kappa shape index (κ3) is 86.5. The molecule has 10 heteroatoms. The summed E-state index contributed by atoms with van der Waals surface area (Å²) >= 11 is 0. The van der Waals surface area contributed by atoms with Crippen LogP contribution in [0.15, 0.2) is 24.3 Å². The van der Waals surface area contributed by atoms with Gasteiger partial charge in [0, 0.05) is 196 Å². The van der Waals surface area contributed by atoms with Crippen molar-refractivity contribution >= 4 is 25.1 Å². The Hall–Kier alpha value is 4.78. The fourth-order valence-corrected chi connectivity index (χ4v) is 1.18. The molecule has 0 aromatic carbocycles. The quantitative estimate of drug-likeness (QED) is 0.285. The summed E-state index contributed by atoms with van der Waals surface area (Å²) in [5.41, 5.74) is -0.183. The van der Waals surface area contributed by atoms with Crippen LogP contribution in [0.3, 0.4) is 0 Å². The molecule has 0 amide bonds. The molecule has 4 nitrogen and oxygen atoms in total. The maximum Gasteiger partial charge on any atom is 0 e. The number of hydrogen-bond donors (Lipinski definition) is 0. The molecule has 0 aromatic rings. The Labute approximate surface area is 346 Å². The zero-order valence-corrected chi connectivity index (χ0v) is 38.2. The number of carbonyl (C=O) groups excluding carboxylic acids is 4. The molecule has 170 valence electrons. The molecule has 6 radical (unpaired) electrons. The van der Waals surface area contributed by atoms with Gasteiger partial charge in [0.15, 0.2) is 0 Å². The van der Waals surface area contributed by atoms with E-state index in [9.17, 15) is 19.2 Å². The summed E-state index contributed by atoms with van der Waals surface area (Å²) in [5.74, 6) is 0. The molecule has 0 aliphatic heterocycles. The van der Waals surface area contributed by atoms with E-state index >= 15 is 0 Å². The fraction of sp³-hybridized carbons (Fsp3) is 0.429. The Bertz CT molecular complexity index is 363. The van der Waals surface area contributed by atoms with E-state index in [4.69, 9.17) is 0 Å². The molecular weight excluding hydrogens is 850 g/mol. The van der Waals surface area contributed by atoms with Gasteiger partial charge in [-0.05, 0) is 12.6 Å². The summed E-state index contributed by atoms with van der Waals surface area (Å²) in [6.45, 7) is 16.8. The molecule has 0 saturated heterocycles. The van der Waals surface area contributed by atoms with Crippen molar-refractivity contribution in [3.8, 4) is 0 Å². The minimum atomic E-state index is -0.541. The van der Waals surface area contributed by atoms with E-state index in [1.54, 1.807) is 54.1 Å². The summed E-state index contributed by atoms with van der Waals surface area (Å²) in [6, 6.07) is 0. The van der Waals surface area contributed by atoms with Gasteiger partial charge in [-0.25, -0.2) is 13.2 Å². The molecule has 31 heavy (non-hydrogen) atoms. The van der Waals surface area contributed by atoms with E-state index in [-0.39, 0.29) is 226 Å². The fourth-order valence-electron chi connectivity index (χ4n) is 1.18. The monoisotopic (exact) mass is 886 g/mol. The van der Waals surface area contributed by atoms with Crippen LogP contribution in [0.5, 0.6) is 0 Å². The van der Waals surface area contributed by atoms with E-state index in [1.807, 2.05) is 12.6 Å². The Morgan fingerprint density at radius 2 is 0.710 bits per heavy atom. The predicted octanol–water partition coefficient (Wildman–Crippen LogP) is 4.78. The zero-order chi connectivity index (χ0) is 17.7. The maximum absolute atomic E-state index is 10.4. The van der Waals surface area contributed by atoms with Crippen LogP contribution in [0.4, 0.5) is 0 Å². The van der Waals surface area contributed by atoms with Gasteiger partial charge in [0.25, 0.3) is 0 Å². The topological polar surface area (TPSA) is 68.3 Å². The minimum Gasteiger partial charge on any atom is -0.541 e. The molecule has 0 bridgehead atoms. The van der Waals surface area contributed by atoms with Crippen molar-refractivity contribution in [3.05, 3.63) is 54.0 Å². The minimum absolute atomic E-state index is 0. The third-order valence-corrected chi connectivity index (χ3v) is 1.78. The van der Waals surface area contributed by atoms with Gasteiger partial charge in [0.05, 0.1) is 0 Å². The summed E-state index contributed by atoms with van der Waals surface area (Å²) in [4.78, 5) is 39.3. The van der Waals surface area contributed by atoms with Crippen molar-refractivity contribution in [3.63, 3.8) is 0 Å². The first kappa shape index (κ1) is 83.4. The first-order valence-electron chi connectivity index (χ1n) is 6.23. The van der Waals surface area contributed by atoms with Crippen LogP contribution < -0.4 is 0 Å². The Morgan fingerprint density at radius 1 is 0.581 bits per heavy atom. The van der Waals surface area contributed by atoms with Crippen LogP contribution in [0, 0.1) is 40.5 Å². The molecule has 0 fully saturated rings. The summed E-state index contributed by atoms with van der Waals surface area (Å²) < 4.78 is 0.